The number of hydrogen-bond acceptors (Lipinski definition) is 1. The van der Waals surface area contributed by atoms with Crippen molar-refractivity contribution < 1.29 is 5.11 Å². The Bertz CT molecular complexity index is 616. The third-order valence-corrected chi connectivity index (χ3v) is 9.59. The van der Waals surface area contributed by atoms with E-state index in [4.69, 9.17) is 0 Å². The highest BCUT2D eigenvalue weighted by atomic mass is 16.3. The monoisotopic (exact) mass is 370 g/mol. The van der Waals surface area contributed by atoms with Crippen LogP contribution < -0.4 is 0 Å². The summed E-state index contributed by atoms with van der Waals surface area (Å²) in [5.74, 6) is 4.91. The van der Waals surface area contributed by atoms with Crippen molar-refractivity contribution in [2.45, 2.75) is 92.1 Å². The van der Waals surface area contributed by atoms with Crippen LogP contribution in [-0.2, 0) is 0 Å². The molecule has 152 valence electrons. The van der Waals surface area contributed by atoms with Crippen LogP contribution in [0.5, 0.6) is 0 Å². The van der Waals surface area contributed by atoms with E-state index in [2.05, 4.69) is 52.8 Å². The van der Waals surface area contributed by atoms with Crippen molar-refractivity contribution in [3.8, 4) is 0 Å². The van der Waals surface area contributed by atoms with E-state index in [9.17, 15) is 5.11 Å². The molecule has 0 bridgehead atoms. The summed E-state index contributed by atoms with van der Waals surface area (Å²) in [6, 6.07) is 0. The molecule has 27 heavy (non-hydrogen) atoms. The molecule has 0 spiro atoms. The third-order valence-electron chi connectivity index (χ3n) is 9.59. The predicted molar refractivity (Wildman–Crippen MR) is 114 cm³/mol. The number of fused-ring (bicyclic) bond motifs is 5. The van der Waals surface area contributed by atoms with Crippen molar-refractivity contribution in [3.63, 3.8) is 0 Å². The lowest BCUT2D eigenvalue weighted by molar-refractivity contribution is -0.0540. The number of aliphatic hydroxyl groups is 1. The minimum Gasteiger partial charge on any atom is -0.393 e. The summed E-state index contributed by atoms with van der Waals surface area (Å²) >= 11 is 0. The Labute approximate surface area is 167 Å². The quantitative estimate of drug-likeness (QED) is 0.543. The minimum atomic E-state index is -0.0841. The zero-order valence-electron chi connectivity index (χ0n) is 18.4. The Morgan fingerprint density at radius 1 is 1.00 bits per heavy atom. The zero-order chi connectivity index (χ0) is 19.4. The van der Waals surface area contributed by atoms with E-state index < -0.39 is 0 Å². The van der Waals surface area contributed by atoms with Crippen LogP contribution in [-0.4, -0.2) is 11.2 Å². The lowest BCUT2D eigenvalue weighted by Gasteiger charge is -2.58. The maximum Gasteiger partial charge on any atom is 0.0577 e. The van der Waals surface area contributed by atoms with Crippen LogP contribution in [0.15, 0.2) is 23.8 Å². The second kappa shape index (κ2) is 7.05. The summed E-state index contributed by atoms with van der Waals surface area (Å²) in [7, 11) is 0. The molecule has 4 aliphatic carbocycles. The van der Waals surface area contributed by atoms with Crippen LogP contribution in [0.4, 0.5) is 0 Å². The molecule has 0 saturated heterocycles. The van der Waals surface area contributed by atoms with Gasteiger partial charge in [-0.1, -0.05) is 58.4 Å². The molecule has 0 aliphatic heterocycles. The normalized spacial score (nSPS) is 48.1. The summed E-state index contributed by atoms with van der Waals surface area (Å²) < 4.78 is 0. The molecule has 0 aromatic rings. The highest BCUT2D eigenvalue weighted by molar-refractivity contribution is 5.25. The zero-order valence-corrected chi connectivity index (χ0v) is 18.4. The largest absolute Gasteiger partial charge is 0.393 e. The maximum absolute atomic E-state index is 10.2. The molecule has 4 aliphatic rings. The molecule has 1 nitrogen and oxygen atoms in total. The average Bonchev–Trinajstić information content (AvgIpc) is 2.97. The number of rotatable bonds is 3. The van der Waals surface area contributed by atoms with Gasteiger partial charge in [0.05, 0.1) is 6.10 Å². The van der Waals surface area contributed by atoms with Crippen LogP contribution in [0.3, 0.4) is 0 Å². The number of hydrogen-bond donors (Lipinski definition) is 1. The first-order chi connectivity index (χ1) is 12.8. The number of allylic oxidation sites excluding steroid dienone is 3. The van der Waals surface area contributed by atoms with Gasteiger partial charge >= 0.3 is 0 Å². The molecule has 4 rings (SSSR count). The van der Waals surface area contributed by atoms with Crippen molar-refractivity contribution in [2.75, 3.05) is 0 Å². The van der Waals surface area contributed by atoms with Crippen molar-refractivity contribution in [3.05, 3.63) is 23.8 Å². The van der Waals surface area contributed by atoms with Crippen molar-refractivity contribution in [2.24, 2.45) is 46.3 Å². The fourth-order valence-corrected chi connectivity index (χ4v) is 8.08. The van der Waals surface area contributed by atoms with Gasteiger partial charge in [0.2, 0.25) is 0 Å². The highest BCUT2D eigenvalue weighted by Gasteiger charge is 2.58. The minimum absolute atomic E-state index is 0.0841. The Morgan fingerprint density at radius 2 is 1.78 bits per heavy atom. The molecule has 0 unspecified atom stereocenters. The SMILES string of the molecule is CC(C)/C=C\[C@@H](C)[C@H]1CC[C@H]2[C@@H]3CC=C4C[C@@H](O)CC[C@]4(C)[C@H]3CC[C@]12C. The fraction of sp³-hybridized carbons (Fsp3) is 0.846. The van der Waals surface area contributed by atoms with Crippen molar-refractivity contribution in [1.29, 1.82) is 0 Å². The van der Waals surface area contributed by atoms with Crippen molar-refractivity contribution >= 4 is 0 Å². The van der Waals surface area contributed by atoms with Gasteiger partial charge in [0.15, 0.2) is 0 Å². The Morgan fingerprint density at radius 3 is 2.52 bits per heavy atom. The molecular formula is C26H42O. The van der Waals surface area contributed by atoms with E-state index >= 15 is 0 Å². The first-order valence-electron chi connectivity index (χ1n) is 11.8. The van der Waals surface area contributed by atoms with Gasteiger partial charge < -0.3 is 5.11 Å². The molecule has 0 heterocycles. The summed E-state index contributed by atoms with van der Waals surface area (Å²) in [6.07, 6.45) is 17.6. The molecule has 0 aromatic heterocycles. The summed E-state index contributed by atoms with van der Waals surface area (Å²) in [4.78, 5) is 0. The molecular weight excluding hydrogens is 328 g/mol. The predicted octanol–water partition coefficient (Wildman–Crippen LogP) is 6.77. The van der Waals surface area contributed by atoms with E-state index in [1.54, 1.807) is 5.57 Å². The first kappa shape index (κ1) is 19.7. The van der Waals surface area contributed by atoms with E-state index in [0.717, 1.165) is 36.5 Å². The fourth-order valence-electron chi connectivity index (χ4n) is 8.08. The molecule has 0 aromatic carbocycles. The lowest BCUT2D eigenvalue weighted by atomic mass is 9.47. The molecule has 0 radical (unpaired) electrons. The molecule has 1 N–H and O–H groups in total. The molecule has 3 saturated carbocycles. The lowest BCUT2D eigenvalue weighted by Crippen LogP contribution is -2.50. The Balaban J connectivity index is 1.57. The number of aliphatic hydroxyl groups excluding tert-OH is 1. The van der Waals surface area contributed by atoms with Gasteiger partial charge in [-0.25, -0.2) is 0 Å². The van der Waals surface area contributed by atoms with Crippen LogP contribution in [0.1, 0.15) is 86.0 Å². The van der Waals surface area contributed by atoms with Crippen molar-refractivity contribution in [1.82, 2.24) is 0 Å². The average molecular weight is 371 g/mol. The summed E-state index contributed by atoms with van der Waals surface area (Å²) in [5.41, 5.74) is 2.52. The molecule has 8 atom stereocenters. The molecule has 1 heteroatoms. The topological polar surface area (TPSA) is 20.2 Å². The van der Waals surface area contributed by atoms with Gasteiger partial charge in [-0.3, -0.25) is 0 Å². The van der Waals surface area contributed by atoms with Gasteiger partial charge in [0.25, 0.3) is 0 Å². The second-order valence-corrected chi connectivity index (χ2v) is 11.4. The van der Waals surface area contributed by atoms with Crippen LogP contribution in [0.2, 0.25) is 0 Å². The smallest absolute Gasteiger partial charge is 0.0577 e. The van der Waals surface area contributed by atoms with Crippen LogP contribution >= 0.6 is 0 Å². The first-order valence-corrected chi connectivity index (χ1v) is 11.8. The maximum atomic E-state index is 10.2. The van der Waals surface area contributed by atoms with Gasteiger partial charge in [0, 0.05) is 0 Å². The Hall–Kier alpha value is -0.560. The highest BCUT2D eigenvalue weighted by Crippen LogP contribution is 2.67. The Kier molecular flexibility index (Phi) is 5.15. The van der Waals surface area contributed by atoms with Gasteiger partial charge in [0.1, 0.15) is 0 Å². The third kappa shape index (κ3) is 3.17. The van der Waals surface area contributed by atoms with E-state index in [0.29, 0.717) is 22.7 Å². The molecule has 3 fully saturated rings. The second-order valence-electron chi connectivity index (χ2n) is 11.4. The van der Waals surface area contributed by atoms with E-state index in [1.807, 2.05) is 0 Å². The van der Waals surface area contributed by atoms with Crippen LogP contribution in [0.25, 0.3) is 0 Å². The summed E-state index contributed by atoms with van der Waals surface area (Å²) in [5, 5.41) is 10.2. The van der Waals surface area contributed by atoms with Crippen LogP contribution in [0, 0.1) is 46.3 Å². The molecule has 0 amide bonds. The van der Waals surface area contributed by atoms with Gasteiger partial charge in [-0.2, -0.15) is 0 Å². The van der Waals surface area contributed by atoms with Gasteiger partial charge in [-0.15, -0.1) is 0 Å². The van der Waals surface area contributed by atoms with Gasteiger partial charge in [-0.05, 0) is 97.7 Å². The summed E-state index contributed by atoms with van der Waals surface area (Å²) in [6.45, 7) is 12.3. The standard InChI is InChI=1S/C26H42O/c1-17(2)6-7-18(3)22-10-11-23-21-9-8-19-16-20(27)12-14-25(19,4)24(21)13-15-26(22,23)5/h6-8,17-18,20-24,27H,9-16H2,1-5H3/b7-6-/t18-,20+,21+,22-,23+,24+,25+,26-/m1/s1. The van der Waals surface area contributed by atoms with E-state index in [-0.39, 0.29) is 6.10 Å². The van der Waals surface area contributed by atoms with E-state index in [1.165, 1.54) is 38.5 Å².